The maximum absolute atomic E-state index is 12.5. The summed E-state index contributed by atoms with van der Waals surface area (Å²) < 4.78 is 5.41. The molecule has 0 radical (unpaired) electrons. The van der Waals surface area contributed by atoms with E-state index in [0.717, 1.165) is 16.5 Å². The number of hydrogen-bond acceptors (Lipinski definition) is 4. The number of anilines is 1. The van der Waals surface area contributed by atoms with Crippen molar-refractivity contribution in [3.63, 3.8) is 0 Å². The van der Waals surface area contributed by atoms with Crippen molar-refractivity contribution in [3.8, 4) is 5.75 Å². The monoisotopic (exact) mass is 352 g/mol. The van der Waals surface area contributed by atoms with E-state index in [1.54, 1.807) is 38.4 Å². The van der Waals surface area contributed by atoms with Gasteiger partial charge in [0, 0.05) is 25.2 Å². The van der Waals surface area contributed by atoms with Gasteiger partial charge >= 0.3 is 0 Å². The third kappa shape index (κ3) is 3.83. The van der Waals surface area contributed by atoms with E-state index in [1.165, 1.54) is 4.90 Å². The maximum atomic E-state index is 12.5. The van der Waals surface area contributed by atoms with E-state index in [4.69, 9.17) is 4.74 Å². The fraction of sp³-hybridized carbons (Fsp3) is 0.211. The average Bonchev–Trinajstić information content (AvgIpc) is 3.03. The van der Waals surface area contributed by atoms with Crippen molar-refractivity contribution in [2.75, 3.05) is 26.0 Å². The Morgan fingerprint density at radius 2 is 1.88 bits per heavy atom. The van der Waals surface area contributed by atoms with Crippen LogP contribution in [0.15, 0.2) is 42.5 Å². The summed E-state index contributed by atoms with van der Waals surface area (Å²) in [7, 11) is 3.34. The average molecular weight is 352 g/mol. The van der Waals surface area contributed by atoms with Crippen molar-refractivity contribution in [1.82, 2.24) is 15.1 Å². The molecule has 26 heavy (non-hydrogen) atoms. The van der Waals surface area contributed by atoms with Gasteiger partial charge in [-0.25, -0.2) is 0 Å². The third-order valence-electron chi connectivity index (χ3n) is 3.91. The van der Waals surface area contributed by atoms with E-state index in [9.17, 15) is 9.59 Å². The van der Waals surface area contributed by atoms with Crippen molar-refractivity contribution in [2.45, 2.75) is 6.92 Å². The topological polar surface area (TPSA) is 87.3 Å². The summed E-state index contributed by atoms with van der Waals surface area (Å²) in [5, 5.41) is 10.6. The molecule has 0 aliphatic rings. The van der Waals surface area contributed by atoms with Crippen molar-refractivity contribution >= 4 is 28.4 Å². The summed E-state index contributed by atoms with van der Waals surface area (Å²) in [5.41, 5.74) is 2.84. The first kappa shape index (κ1) is 17.5. The number of benzene rings is 2. The van der Waals surface area contributed by atoms with Crippen molar-refractivity contribution in [2.24, 2.45) is 0 Å². The summed E-state index contributed by atoms with van der Waals surface area (Å²) in [5.74, 6) is 0.139. The van der Waals surface area contributed by atoms with Crippen LogP contribution >= 0.6 is 0 Å². The minimum Gasteiger partial charge on any atom is -0.484 e. The summed E-state index contributed by atoms with van der Waals surface area (Å²) in [6.07, 6.45) is 0. The number of fused-ring (bicyclic) bond motifs is 1. The molecule has 7 heteroatoms. The maximum Gasteiger partial charge on any atom is 0.276 e. The van der Waals surface area contributed by atoms with Crippen LogP contribution in [0, 0.1) is 6.92 Å². The van der Waals surface area contributed by atoms with Gasteiger partial charge in [0.05, 0.1) is 5.52 Å². The highest BCUT2D eigenvalue weighted by Crippen LogP contribution is 2.20. The Balaban J connectivity index is 1.67. The quantitative estimate of drug-likeness (QED) is 0.739. The lowest BCUT2D eigenvalue weighted by atomic mass is 10.1. The first-order valence-electron chi connectivity index (χ1n) is 8.13. The molecule has 2 amide bonds. The normalized spacial score (nSPS) is 10.6. The molecule has 2 N–H and O–H groups in total. The van der Waals surface area contributed by atoms with E-state index >= 15 is 0 Å². The number of H-pyrrole nitrogens is 1. The van der Waals surface area contributed by atoms with Crippen LogP contribution in [-0.2, 0) is 4.79 Å². The molecule has 0 atom stereocenters. The summed E-state index contributed by atoms with van der Waals surface area (Å²) in [6.45, 7) is 1.94. The van der Waals surface area contributed by atoms with Gasteiger partial charge < -0.3 is 15.0 Å². The predicted molar refractivity (Wildman–Crippen MR) is 99.4 cm³/mol. The Hall–Kier alpha value is -3.35. The summed E-state index contributed by atoms with van der Waals surface area (Å²) in [4.78, 5) is 25.5. The smallest absolute Gasteiger partial charge is 0.276 e. The number of aromatic amines is 1. The zero-order valence-electron chi connectivity index (χ0n) is 14.9. The number of carbonyl (C=O) groups is 2. The standard InChI is InChI=1S/C19H20N4O3/c1-12-4-9-16-15(10-12)18(22-21-16)19(25)20-13-5-7-14(8-6-13)26-11-17(24)23(2)3/h4-10H,11H2,1-3H3,(H,20,25)(H,21,22). The molecule has 2 aromatic carbocycles. The van der Waals surface area contributed by atoms with Gasteiger partial charge in [-0.2, -0.15) is 5.10 Å². The largest absolute Gasteiger partial charge is 0.484 e. The molecule has 3 rings (SSSR count). The number of nitrogens with zero attached hydrogens (tertiary/aromatic N) is 2. The molecular weight excluding hydrogens is 332 g/mol. The molecule has 3 aromatic rings. The van der Waals surface area contributed by atoms with Gasteiger partial charge in [-0.3, -0.25) is 14.7 Å². The van der Waals surface area contributed by atoms with Crippen LogP contribution < -0.4 is 10.1 Å². The zero-order chi connectivity index (χ0) is 18.7. The first-order valence-corrected chi connectivity index (χ1v) is 8.13. The second-order valence-corrected chi connectivity index (χ2v) is 6.18. The highest BCUT2D eigenvalue weighted by molar-refractivity contribution is 6.11. The molecule has 0 spiro atoms. The van der Waals surface area contributed by atoms with E-state index in [0.29, 0.717) is 17.1 Å². The number of ether oxygens (including phenoxy) is 1. The molecule has 0 bridgehead atoms. The van der Waals surface area contributed by atoms with Gasteiger partial charge in [-0.15, -0.1) is 0 Å². The second-order valence-electron chi connectivity index (χ2n) is 6.18. The van der Waals surface area contributed by atoms with Gasteiger partial charge in [-0.1, -0.05) is 11.6 Å². The highest BCUT2D eigenvalue weighted by atomic mass is 16.5. The van der Waals surface area contributed by atoms with Gasteiger partial charge in [-0.05, 0) is 43.3 Å². The Bertz CT molecular complexity index is 945. The number of nitrogens with one attached hydrogen (secondary N) is 2. The Labute approximate surface area is 151 Å². The predicted octanol–water partition coefficient (Wildman–Crippen LogP) is 2.59. The van der Waals surface area contributed by atoms with Crippen LogP contribution in [-0.4, -0.2) is 47.6 Å². The van der Waals surface area contributed by atoms with Crippen LogP contribution in [0.25, 0.3) is 10.9 Å². The first-order chi connectivity index (χ1) is 12.4. The van der Waals surface area contributed by atoms with Gasteiger partial charge in [0.25, 0.3) is 11.8 Å². The summed E-state index contributed by atoms with van der Waals surface area (Å²) in [6, 6.07) is 12.6. The molecule has 134 valence electrons. The second kappa shape index (κ2) is 7.26. The molecule has 1 aromatic heterocycles. The number of likely N-dealkylation sites (N-methyl/N-ethyl adjacent to an activating group) is 1. The van der Waals surface area contributed by atoms with Crippen molar-refractivity contribution in [1.29, 1.82) is 0 Å². The summed E-state index contributed by atoms with van der Waals surface area (Å²) >= 11 is 0. The number of aromatic nitrogens is 2. The number of carbonyl (C=O) groups excluding carboxylic acids is 2. The molecule has 0 saturated heterocycles. The number of aryl methyl sites for hydroxylation is 1. The van der Waals surface area contributed by atoms with Crippen LogP contribution in [0.1, 0.15) is 16.1 Å². The zero-order valence-corrected chi connectivity index (χ0v) is 14.9. The SMILES string of the molecule is Cc1ccc2[nH]nc(C(=O)Nc3ccc(OCC(=O)N(C)C)cc3)c2c1. The molecule has 7 nitrogen and oxygen atoms in total. The molecule has 0 unspecified atom stereocenters. The van der Waals surface area contributed by atoms with Gasteiger partial charge in [0.1, 0.15) is 5.75 Å². The molecule has 0 aliphatic carbocycles. The van der Waals surface area contributed by atoms with E-state index in [-0.39, 0.29) is 18.4 Å². The number of rotatable bonds is 5. The molecule has 0 saturated carbocycles. The lowest BCUT2D eigenvalue weighted by Crippen LogP contribution is -2.27. The van der Waals surface area contributed by atoms with Crippen LogP contribution in [0.3, 0.4) is 0 Å². The van der Waals surface area contributed by atoms with Crippen molar-refractivity contribution in [3.05, 3.63) is 53.7 Å². The number of amides is 2. The van der Waals surface area contributed by atoms with E-state index < -0.39 is 0 Å². The fourth-order valence-electron chi connectivity index (χ4n) is 2.40. The van der Waals surface area contributed by atoms with Crippen LogP contribution in [0.5, 0.6) is 5.75 Å². The Kier molecular flexibility index (Phi) is 4.88. The Morgan fingerprint density at radius 3 is 2.58 bits per heavy atom. The van der Waals surface area contributed by atoms with E-state index in [1.807, 2.05) is 25.1 Å². The van der Waals surface area contributed by atoms with Gasteiger partial charge in [0.15, 0.2) is 12.3 Å². The van der Waals surface area contributed by atoms with Crippen molar-refractivity contribution < 1.29 is 14.3 Å². The molecule has 0 fully saturated rings. The number of hydrogen-bond donors (Lipinski definition) is 2. The third-order valence-corrected chi connectivity index (χ3v) is 3.91. The highest BCUT2D eigenvalue weighted by Gasteiger charge is 2.14. The van der Waals surface area contributed by atoms with Crippen LogP contribution in [0.4, 0.5) is 5.69 Å². The molecule has 0 aliphatic heterocycles. The lowest BCUT2D eigenvalue weighted by Gasteiger charge is -2.11. The lowest BCUT2D eigenvalue weighted by molar-refractivity contribution is -0.130. The molecule has 1 heterocycles. The fourth-order valence-corrected chi connectivity index (χ4v) is 2.40. The Morgan fingerprint density at radius 1 is 1.15 bits per heavy atom. The molecular formula is C19H20N4O3. The van der Waals surface area contributed by atoms with Crippen LogP contribution in [0.2, 0.25) is 0 Å². The minimum absolute atomic E-state index is 0.0304. The minimum atomic E-state index is -0.293. The van der Waals surface area contributed by atoms with E-state index in [2.05, 4.69) is 15.5 Å². The van der Waals surface area contributed by atoms with Gasteiger partial charge in [0.2, 0.25) is 0 Å².